The Morgan fingerprint density at radius 1 is 1.23 bits per heavy atom. The lowest BCUT2D eigenvalue weighted by atomic mass is 9.87. The van der Waals surface area contributed by atoms with Gasteiger partial charge in [0.1, 0.15) is 17.1 Å². The van der Waals surface area contributed by atoms with E-state index < -0.39 is 13.9 Å². The highest BCUT2D eigenvalue weighted by Gasteiger charge is 2.48. The average molecular weight is 580 g/mol. The van der Waals surface area contributed by atoms with E-state index >= 15 is 0 Å². The SMILES string of the molecule is COc1ccc(CNc2nc(N3CCC4(CC4)C3)ncc2C(=O)NCC2CCC(OP(=O)(O)O)CC2)cc1Cl. The third kappa shape index (κ3) is 7.21. The number of hydrogen-bond acceptors (Lipinski definition) is 8. The van der Waals surface area contributed by atoms with Crippen LogP contribution in [0.25, 0.3) is 0 Å². The fraction of sp³-hybridized carbons (Fsp3) is 0.577. The van der Waals surface area contributed by atoms with Gasteiger partial charge >= 0.3 is 7.82 Å². The molecule has 0 unspecified atom stereocenters. The maximum atomic E-state index is 13.2. The minimum Gasteiger partial charge on any atom is -0.495 e. The molecule has 11 nitrogen and oxygen atoms in total. The van der Waals surface area contributed by atoms with Gasteiger partial charge in [-0.15, -0.1) is 0 Å². The molecule has 5 rings (SSSR count). The van der Waals surface area contributed by atoms with Crippen molar-refractivity contribution in [2.75, 3.05) is 37.0 Å². The van der Waals surface area contributed by atoms with Crippen LogP contribution in [0.5, 0.6) is 5.75 Å². The fourth-order valence-electron chi connectivity index (χ4n) is 5.49. The summed E-state index contributed by atoms with van der Waals surface area (Å²) in [5.74, 6) is 1.59. The standard InChI is InChI=1S/C26H35ClN5O6P/c1-37-22-7-4-18(12-21(22)27)14-28-23-20(15-30-25(31-23)32-11-10-26(16-32)8-9-26)24(33)29-13-17-2-5-19(6-3-17)38-39(34,35)36/h4,7,12,15,17,19H,2-3,5-6,8-11,13-14,16H2,1H3,(H,29,33)(H,28,30,31)(H2,34,35,36). The molecule has 0 atom stereocenters. The minimum atomic E-state index is -4.49. The van der Waals surface area contributed by atoms with E-state index in [-0.39, 0.29) is 11.8 Å². The Balaban J connectivity index is 1.25. The van der Waals surface area contributed by atoms with E-state index in [1.54, 1.807) is 19.4 Å². The molecule has 1 spiro atoms. The van der Waals surface area contributed by atoms with Crippen LogP contribution in [0.3, 0.4) is 0 Å². The summed E-state index contributed by atoms with van der Waals surface area (Å²) in [6.07, 6.45) is 7.27. The lowest BCUT2D eigenvalue weighted by Crippen LogP contribution is -2.33. The molecule has 1 aliphatic heterocycles. The molecule has 0 radical (unpaired) electrons. The van der Waals surface area contributed by atoms with Crippen molar-refractivity contribution in [1.29, 1.82) is 0 Å². The van der Waals surface area contributed by atoms with Crippen LogP contribution in [0, 0.1) is 11.3 Å². The van der Waals surface area contributed by atoms with Gasteiger partial charge < -0.3 is 30.1 Å². The van der Waals surface area contributed by atoms with E-state index in [0.717, 1.165) is 25.1 Å². The summed E-state index contributed by atoms with van der Waals surface area (Å²) in [5.41, 5.74) is 1.69. The number of amides is 1. The van der Waals surface area contributed by atoms with Gasteiger partial charge in [0, 0.05) is 32.4 Å². The van der Waals surface area contributed by atoms with Gasteiger partial charge in [0.15, 0.2) is 0 Å². The highest BCUT2D eigenvalue weighted by atomic mass is 35.5. The van der Waals surface area contributed by atoms with Crippen LogP contribution in [0.1, 0.15) is 60.9 Å². The van der Waals surface area contributed by atoms with E-state index in [0.29, 0.717) is 72.3 Å². The van der Waals surface area contributed by atoms with E-state index in [1.165, 1.54) is 12.8 Å². The highest BCUT2D eigenvalue weighted by Crippen LogP contribution is 2.53. The first-order chi connectivity index (χ1) is 18.6. The van der Waals surface area contributed by atoms with Crippen LogP contribution in [-0.2, 0) is 15.6 Å². The zero-order valence-electron chi connectivity index (χ0n) is 21.9. The molecule has 1 aromatic heterocycles. The summed E-state index contributed by atoms with van der Waals surface area (Å²) in [6, 6.07) is 5.53. The number of phosphoric ester groups is 1. The van der Waals surface area contributed by atoms with Crippen LogP contribution >= 0.6 is 19.4 Å². The van der Waals surface area contributed by atoms with Gasteiger partial charge in [-0.05, 0) is 74.0 Å². The van der Waals surface area contributed by atoms with Crippen molar-refractivity contribution in [1.82, 2.24) is 15.3 Å². The largest absolute Gasteiger partial charge is 0.495 e. The van der Waals surface area contributed by atoms with Crippen LogP contribution in [-0.4, -0.2) is 58.5 Å². The maximum absolute atomic E-state index is 13.2. The second-order valence-electron chi connectivity index (χ2n) is 10.9. The van der Waals surface area contributed by atoms with Gasteiger partial charge in [-0.3, -0.25) is 9.32 Å². The Bertz CT molecular complexity index is 1250. The van der Waals surface area contributed by atoms with Gasteiger partial charge in [0.05, 0.1) is 18.2 Å². The predicted octanol–water partition coefficient (Wildman–Crippen LogP) is 4.14. The first-order valence-electron chi connectivity index (χ1n) is 13.3. The molecule has 1 saturated heterocycles. The number of nitrogens with one attached hydrogen (secondary N) is 2. The Morgan fingerprint density at radius 3 is 2.64 bits per heavy atom. The molecule has 13 heteroatoms. The molecule has 1 amide bonds. The number of phosphoric acid groups is 1. The Labute approximate surface area is 232 Å². The van der Waals surface area contributed by atoms with Crippen LogP contribution in [0.4, 0.5) is 11.8 Å². The van der Waals surface area contributed by atoms with Crippen LogP contribution in [0.15, 0.2) is 24.4 Å². The maximum Gasteiger partial charge on any atom is 0.469 e. The van der Waals surface area contributed by atoms with Gasteiger partial charge in [-0.2, -0.15) is 4.98 Å². The number of hydrogen-bond donors (Lipinski definition) is 4. The molecule has 39 heavy (non-hydrogen) atoms. The number of halogens is 1. The number of rotatable bonds is 10. The number of benzene rings is 1. The van der Waals surface area contributed by atoms with Crippen LogP contribution < -0.4 is 20.3 Å². The monoisotopic (exact) mass is 579 g/mol. The molecule has 2 aliphatic carbocycles. The van der Waals surface area contributed by atoms with Crippen molar-refractivity contribution in [2.24, 2.45) is 11.3 Å². The van der Waals surface area contributed by atoms with Crippen molar-refractivity contribution in [3.8, 4) is 5.75 Å². The lowest BCUT2D eigenvalue weighted by Gasteiger charge is -2.28. The summed E-state index contributed by atoms with van der Waals surface area (Å²) in [7, 11) is -2.92. The van der Waals surface area contributed by atoms with Crippen molar-refractivity contribution in [3.63, 3.8) is 0 Å². The number of ether oxygens (including phenoxy) is 1. The van der Waals surface area contributed by atoms with Crippen molar-refractivity contribution in [2.45, 2.75) is 57.6 Å². The number of carbonyl (C=O) groups excluding carboxylic acids is 1. The van der Waals surface area contributed by atoms with E-state index in [1.807, 2.05) is 12.1 Å². The fourth-order valence-corrected chi connectivity index (χ4v) is 6.37. The Hall–Kier alpha value is -2.43. The molecule has 2 saturated carbocycles. The van der Waals surface area contributed by atoms with E-state index in [2.05, 4.69) is 20.5 Å². The number of anilines is 2. The first kappa shape index (κ1) is 28.1. The number of aromatic nitrogens is 2. The molecule has 2 aromatic rings. The number of carbonyl (C=O) groups is 1. The quantitative estimate of drug-likeness (QED) is 0.303. The molecule has 3 aliphatic rings. The second kappa shape index (κ2) is 11.6. The summed E-state index contributed by atoms with van der Waals surface area (Å²) in [4.78, 5) is 42.8. The molecule has 212 valence electrons. The van der Waals surface area contributed by atoms with Gasteiger partial charge in [-0.25, -0.2) is 9.55 Å². The second-order valence-corrected chi connectivity index (χ2v) is 12.5. The molecule has 4 N–H and O–H groups in total. The smallest absolute Gasteiger partial charge is 0.469 e. The van der Waals surface area contributed by atoms with Gasteiger partial charge in [0.25, 0.3) is 5.91 Å². The van der Waals surface area contributed by atoms with Crippen molar-refractivity contribution < 1.29 is 28.4 Å². The van der Waals surface area contributed by atoms with E-state index in [9.17, 15) is 9.36 Å². The topological polar surface area (TPSA) is 146 Å². The molecule has 3 fully saturated rings. The third-order valence-corrected chi connectivity index (χ3v) is 8.87. The Kier molecular flexibility index (Phi) is 8.35. The van der Waals surface area contributed by atoms with Gasteiger partial charge in [-0.1, -0.05) is 17.7 Å². The van der Waals surface area contributed by atoms with Crippen molar-refractivity contribution in [3.05, 3.63) is 40.5 Å². The molecule has 0 bridgehead atoms. The Morgan fingerprint density at radius 2 is 2.00 bits per heavy atom. The highest BCUT2D eigenvalue weighted by molar-refractivity contribution is 7.46. The summed E-state index contributed by atoms with van der Waals surface area (Å²) >= 11 is 6.30. The average Bonchev–Trinajstić information content (AvgIpc) is 3.54. The normalized spacial score (nSPS) is 22.1. The van der Waals surface area contributed by atoms with Crippen LogP contribution in [0.2, 0.25) is 5.02 Å². The summed E-state index contributed by atoms with van der Waals surface area (Å²) in [6.45, 7) is 2.72. The van der Waals surface area contributed by atoms with E-state index in [4.69, 9.17) is 35.6 Å². The van der Waals surface area contributed by atoms with Gasteiger partial charge in [0.2, 0.25) is 5.95 Å². The first-order valence-corrected chi connectivity index (χ1v) is 15.2. The summed E-state index contributed by atoms with van der Waals surface area (Å²) < 4.78 is 21.2. The summed E-state index contributed by atoms with van der Waals surface area (Å²) in [5, 5.41) is 6.82. The predicted molar refractivity (Wildman–Crippen MR) is 147 cm³/mol. The molecule has 1 aromatic carbocycles. The molecular weight excluding hydrogens is 545 g/mol. The molecular formula is C26H35ClN5O6P. The third-order valence-electron chi connectivity index (χ3n) is 8.01. The minimum absolute atomic E-state index is 0.197. The van der Waals surface area contributed by atoms with Crippen molar-refractivity contribution >= 4 is 37.1 Å². The number of nitrogens with zero attached hydrogens (tertiary/aromatic N) is 3. The molecule has 2 heterocycles. The zero-order chi connectivity index (χ0) is 27.6. The zero-order valence-corrected chi connectivity index (χ0v) is 23.6. The number of methoxy groups -OCH3 is 1. The lowest BCUT2D eigenvalue weighted by molar-refractivity contribution is 0.0856.